The molecule has 0 unspecified atom stereocenters. The monoisotopic (exact) mass is 229 g/mol. The average molecular weight is 228 g/mol. The molecule has 0 aliphatic heterocycles. The van der Waals surface area contributed by atoms with Crippen LogP contribution in [0.4, 0.5) is 0 Å². The van der Waals surface area contributed by atoms with Gasteiger partial charge >= 0.3 is 65.1 Å². The summed E-state index contributed by atoms with van der Waals surface area (Å²) in [4.78, 5) is 0.882. The Labute approximate surface area is 65.0 Å². The fourth-order valence-electron chi connectivity index (χ4n) is 0.410. The van der Waals surface area contributed by atoms with Crippen LogP contribution in [0.1, 0.15) is 4.88 Å². The zero-order chi connectivity index (χ0) is 5.98. The van der Waals surface area contributed by atoms with Crippen LogP contribution in [0.3, 0.4) is 0 Å². The van der Waals surface area contributed by atoms with Gasteiger partial charge in [-0.2, -0.15) is 0 Å². The van der Waals surface area contributed by atoms with Crippen LogP contribution in [0.2, 0.25) is 0 Å². The van der Waals surface area contributed by atoms with E-state index in [1.807, 2.05) is 11.4 Å². The van der Waals surface area contributed by atoms with E-state index in [1.54, 1.807) is 0 Å². The Morgan fingerprint density at radius 2 is 2.50 bits per heavy atom. The summed E-state index contributed by atoms with van der Waals surface area (Å²) in [5, 5.41) is 10.3. The van der Waals surface area contributed by atoms with Crippen LogP contribution in [-0.2, 0) is 0 Å². The molecule has 1 aromatic rings. The first-order chi connectivity index (χ1) is 3.84. The normalized spacial score (nSPS) is 8.50. The van der Waals surface area contributed by atoms with Crippen molar-refractivity contribution in [3.8, 4) is 6.07 Å². The minimum absolute atomic E-state index is 0.882. The summed E-state index contributed by atoms with van der Waals surface area (Å²) in [7, 11) is 0. The van der Waals surface area contributed by atoms with Gasteiger partial charge in [-0.05, 0) is 0 Å². The van der Waals surface area contributed by atoms with Gasteiger partial charge in [0, 0.05) is 0 Å². The molecule has 0 fully saturated rings. The molecular formula is C5H3NSSn. The molecule has 2 radical (unpaired) electrons. The molecule has 3 heteroatoms. The van der Waals surface area contributed by atoms with E-state index < -0.39 is 0 Å². The van der Waals surface area contributed by atoms with Crippen LogP contribution < -0.4 is 3.58 Å². The van der Waals surface area contributed by atoms with Gasteiger partial charge in [0.15, 0.2) is 0 Å². The van der Waals surface area contributed by atoms with Crippen LogP contribution in [0.25, 0.3) is 0 Å². The summed E-state index contributed by atoms with van der Waals surface area (Å²) in [6.45, 7) is 0. The van der Waals surface area contributed by atoms with Crippen molar-refractivity contribution in [1.82, 2.24) is 0 Å². The molecule has 0 aliphatic carbocycles. The maximum atomic E-state index is 8.39. The first-order valence-electron chi connectivity index (χ1n) is 2.07. The van der Waals surface area contributed by atoms with E-state index >= 15 is 0 Å². The van der Waals surface area contributed by atoms with Gasteiger partial charge in [-0.15, -0.1) is 0 Å². The molecule has 0 N–H and O–H groups in total. The van der Waals surface area contributed by atoms with Crippen molar-refractivity contribution in [2.75, 3.05) is 0 Å². The number of hydrogen-bond acceptors (Lipinski definition) is 2. The molecule has 0 aromatic carbocycles. The fourth-order valence-corrected chi connectivity index (χ4v) is 2.46. The van der Waals surface area contributed by atoms with Crippen molar-refractivity contribution < 1.29 is 0 Å². The Balaban J connectivity index is 3.15. The maximum absolute atomic E-state index is 8.39. The second kappa shape index (κ2) is 2.51. The Morgan fingerprint density at radius 3 is 2.75 bits per heavy atom. The molecule has 0 bridgehead atoms. The van der Waals surface area contributed by atoms with Gasteiger partial charge in [0.05, 0.1) is 0 Å². The first-order valence-corrected chi connectivity index (χ1v) is 4.60. The number of nitriles is 1. The number of nitrogens with zero attached hydrogens (tertiary/aromatic N) is 1. The SMILES string of the molecule is N#Cc1scc[c]1[SnH]. The van der Waals surface area contributed by atoms with Crippen molar-refractivity contribution in [1.29, 1.82) is 5.26 Å². The van der Waals surface area contributed by atoms with Gasteiger partial charge in [-0.25, -0.2) is 0 Å². The first kappa shape index (κ1) is 6.11. The summed E-state index contributed by atoms with van der Waals surface area (Å²) in [5.41, 5.74) is 0. The van der Waals surface area contributed by atoms with Gasteiger partial charge in [-0.1, -0.05) is 0 Å². The zero-order valence-corrected chi connectivity index (χ0v) is 8.20. The van der Waals surface area contributed by atoms with Crippen LogP contribution in [0, 0.1) is 11.3 Å². The van der Waals surface area contributed by atoms with Gasteiger partial charge in [0.2, 0.25) is 0 Å². The van der Waals surface area contributed by atoms with Gasteiger partial charge in [0.1, 0.15) is 0 Å². The summed E-state index contributed by atoms with van der Waals surface area (Å²) < 4.78 is 1.21. The fraction of sp³-hybridized carbons (Fsp3) is 0. The van der Waals surface area contributed by atoms with E-state index in [0.717, 1.165) is 27.4 Å². The van der Waals surface area contributed by atoms with Gasteiger partial charge < -0.3 is 0 Å². The molecule has 1 aromatic heterocycles. The predicted molar refractivity (Wildman–Crippen MR) is 35.8 cm³/mol. The van der Waals surface area contributed by atoms with E-state index in [9.17, 15) is 0 Å². The predicted octanol–water partition coefficient (Wildman–Crippen LogP) is 0.146. The van der Waals surface area contributed by atoms with Gasteiger partial charge in [0.25, 0.3) is 0 Å². The van der Waals surface area contributed by atoms with Crippen LogP contribution in [0.15, 0.2) is 11.4 Å². The molecule has 8 heavy (non-hydrogen) atoms. The third kappa shape index (κ3) is 1.04. The van der Waals surface area contributed by atoms with Crippen molar-refractivity contribution in [2.45, 2.75) is 0 Å². The molecule has 0 aliphatic rings. The molecule has 0 saturated heterocycles. The Kier molecular flexibility index (Phi) is 1.92. The van der Waals surface area contributed by atoms with E-state index in [2.05, 4.69) is 6.07 Å². The van der Waals surface area contributed by atoms with Crippen LogP contribution in [-0.4, -0.2) is 22.5 Å². The Morgan fingerprint density at radius 1 is 1.75 bits per heavy atom. The van der Waals surface area contributed by atoms with Crippen molar-refractivity contribution >= 4 is 37.4 Å². The zero-order valence-electron chi connectivity index (χ0n) is 4.09. The number of hydrogen-bond donors (Lipinski definition) is 0. The summed E-state index contributed by atoms with van der Waals surface area (Å²) in [6.07, 6.45) is 0. The topological polar surface area (TPSA) is 23.8 Å². The summed E-state index contributed by atoms with van der Waals surface area (Å²) >= 11 is 2.58. The van der Waals surface area contributed by atoms with E-state index in [0.29, 0.717) is 0 Å². The third-order valence-corrected chi connectivity index (χ3v) is 3.60. The van der Waals surface area contributed by atoms with Crippen LogP contribution >= 0.6 is 11.3 Å². The Hall–Kier alpha value is -0.0113. The molecule has 0 atom stereocenters. The number of thiophene rings is 1. The quantitative estimate of drug-likeness (QED) is 0.579. The molecule has 0 amide bonds. The molecule has 0 spiro atoms. The average Bonchev–Trinajstić information content (AvgIpc) is 2.14. The van der Waals surface area contributed by atoms with Crippen molar-refractivity contribution in [3.63, 3.8) is 0 Å². The molecular weight excluding hydrogens is 225 g/mol. The summed E-state index contributed by atoms with van der Waals surface area (Å²) in [5.74, 6) is 0. The second-order valence-electron chi connectivity index (χ2n) is 1.32. The van der Waals surface area contributed by atoms with Crippen molar-refractivity contribution in [2.24, 2.45) is 0 Å². The minimum atomic E-state index is 0.882. The number of rotatable bonds is 0. The Bertz CT molecular complexity index is 223. The van der Waals surface area contributed by atoms with E-state index in [-0.39, 0.29) is 0 Å². The molecule has 1 nitrogen and oxygen atoms in total. The second-order valence-corrected chi connectivity index (χ2v) is 4.01. The third-order valence-electron chi connectivity index (χ3n) is 0.797. The summed E-state index contributed by atoms with van der Waals surface area (Å²) in [6, 6.07) is 4.13. The van der Waals surface area contributed by atoms with E-state index in [4.69, 9.17) is 5.26 Å². The molecule has 38 valence electrons. The van der Waals surface area contributed by atoms with E-state index in [1.165, 1.54) is 14.9 Å². The molecule has 0 saturated carbocycles. The van der Waals surface area contributed by atoms with Crippen LogP contribution in [0.5, 0.6) is 0 Å². The standard InChI is InChI=1S/C5H2NS.Sn.H/c6-4-5-2-1-3-7-5;;/h1,3H;;. The molecule has 1 rings (SSSR count). The van der Waals surface area contributed by atoms with Gasteiger partial charge in [-0.3, -0.25) is 0 Å². The molecule has 1 heterocycles. The van der Waals surface area contributed by atoms with Crippen molar-refractivity contribution in [3.05, 3.63) is 16.3 Å².